The lowest BCUT2D eigenvalue weighted by molar-refractivity contribution is -0.152. The lowest BCUT2D eigenvalue weighted by Crippen LogP contribution is -2.34. The number of esters is 4. The van der Waals surface area contributed by atoms with Gasteiger partial charge in [-0.1, -0.05) is 6.07 Å². The van der Waals surface area contributed by atoms with E-state index in [0.29, 0.717) is 16.9 Å². The number of rotatable bonds is 6. The lowest BCUT2D eigenvalue weighted by Gasteiger charge is -2.34. The third-order valence-electron chi connectivity index (χ3n) is 4.74. The molecular formula is C24H24O10. The van der Waals surface area contributed by atoms with Crippen LogP contribution in [0.1, 0.15) is 44.9 Å². The minimum atomic E-state index is -0.825. The van der Waals surface area contributed by atoms with Crippen molar-refractivity contribution in [2.75, 3.05) is 7.11 Å². The lowest BCUT2D eigenvalue weighted by atomic mass is 9.93. The summed E-state index contributed by atoms with van der Waals surface area (Å²) in [6.45, 7) is 4.99. The van der Waals surface area contributed by atoms with E-state index >= 15 is 0 Å². The summed E-state index contributed by atoms with van der Waals surface area (Å²) in [5.74, 6) is -1.25. The summed E-state index contributed by atoms with van der Waals surface area (Å²) in [7, 11) is 1.43. The zero-order chi connectivity index (χ0) is 25.0. The molecule has 0 aromatic heterocycles. The molecule has 0 N–H and O–H groups in total. The van der Waals surface area contributed by atoms with Gasteiger partial charge in [0.05, 0.1) is 7.11 Å². The van der Waals surface area contributed by atoms with Gasteiger partial charge in [0.25, 0.3) is 0 Å². The Morgan fingerprint density at radius 1 is 0.794 bits per heavy atom. The third kappa shape index (κ3) is 5.83. The van der Waals surface area contributed by atoms with Crippen molar-refractivity contribution in [3.63, 3.8) is 0 Å². The molecule has 10 heteroatoms. The molecule has 0 saturated carbocycles. The fourth-order valence-electron chi connectivity index (χ4n) is 3.60. The molecular weight excluding hydrogens is 448 g/mol. The maximum absolute atomic E-state index is 11.8. The molecule has 0 bridgehead atoms. The maximum atomic E-state index is 11.8. The van der Waals surface area contributed by atoms with Crippen LogP contribution in [0, 0.1) is 0 Å². The van der Waals surface area contributed by atoms with Gasteiger partial charge in [0.2, 0.25) is 0 Å². The van der Waals surface area contributed by atoms with Crippen molar-refractivity contribution in [1.82, 2.24) is 0 Å². The van der Waals surface area contributed by atoms with Crippen LogP contribution in [0.25, 0.3) is 0 Å². The molecule has 0 saturated heterocycles. The van der Waals surface area contributed by atoms with Crippen molar-refractivity contribution in [1.29, 1.82) is 0 Å². The minimum Gasteiger partial charge on any atom is -0.493 e. The summed E-state index contributed by atoms with van der Waals surface area (Å²) in [5.41, 5.74) is 0.989. The Kier molecular flexibility index (Phi) is 7.40. The normalized spacial score (nSPS) is 16.4. The number of hydrogen-bond acceptors (Lipinski definition) is 10. The second-order valence-corrected chi connectivity index (χ2v) is 7.48. The topological polar surface area (TPSA) is 124 Å². The molecule has 2 atom stereocenters. The van der Waals surface area contributed by atoms with Crippen molar-refractivity contribution >= 4 is 23.9 Å². The standard InChI is InChI=1S/C24H24O10/c1-12(25)30-17-9-20(31-13(2)26)18-11-23(33-15(4)28)24(34-21(18)10-17)16-6-7-19(29-5)22(8-16)32-14(3)27/h6-10,23-24H,11H2,1-5H3/t23-,24+/m0/s1. The number of hydrogen-bond donors (Lipinski definition) is 0. The number of methoxy groups -OCH3 is 1. The van der Waals surface area contributed by atoms with Crippen molar-refractivity contribution in [3.8, 4) is 28.7 Å². The number of ether oxygens (including phenoxy) is 6. The predicted molar refractivity (Wildman–Crippen MR) is 116 cm³/mol. The second kappa shape index (κ2) is 10.2. The van der Waals surface area contributed by atoms with Crippen LogP contribution in [0.2, 0.25) is 0 Å². The molecule has 1 aliphatic heterocycles. The van der Waals surface area contributed by atoms with Gasteiger partial charge >= 0.3 is 23.9 Å². The Morgan fingerprint density at radius 3 is 2.03 bits per heavy atom. The van der Waals surface area contributed by atoms with E-state index in [1.165, 1.54) is 46.9 Å². The van der Waals surface area contributed by atoms with E-state index in [-0.39, 0.29) is 29.4 Å². The van der Waals surface area contributed by atoms with Crippen LogP contribution in [0.15, 0.2) is 30.3 Å². The highest BCUT2D eigenvalue weighted by Crippen LogP contribution is 2.44. The van der Waals surface area contributed by atoms with Crippen LogP contribution in [0.3, 0.4) is 0 Å². The van der Waals surface area contributed by atoms with Crippen molar-refractivity contribution in [2.24, 2.45) is 0 Å². The average molecular weight is 472 g/mol. The van der Waals surface area contributed by atoms with Gasteiger partial charge in [-0.15, -0.1) is 0 Å². The average Bonchev–Trinajstić information content (AvgIpc) is 2.72. The highest BCUT2D eigenvalue weighted by atomic mass is 16.6. The summed E-state index contributed by atoms with van der Waals surface area (Å²) in [5, 5.41) is 0. The molecule has 3 rings (SSSR count). The van der Waals surface area contributed by atoms with Gasteiger partial charge < -0.3 is 28.4 Å². The van der Waals surface area contributed by atoms with E-state index in [4.69, 9.17) is 28.4 Å². The summed E-state index contributed by atoms with van der Waals surface area (Å²) >= 11 is 0. The molecule has 0 spiro atoms. The van der Waals surface area contributed by atoms with Crippen molar-refractivity contribution in [2.45, 2.75) is 46.3 Å². The minimum absolute atomic E-state index is 0.113. The van der Waals surface area contributed by atoms with E-state index in [2.05, 4.69) is 0 Å². The summed E-state index contributed by atoms with van der Waals surface area (Å²) in [6, 6.07) is 7.70. The van der Waals surface area contributed by atoms with Crippen LogP contribution in [-0.2, 0) is 30.3 Å². The fraction of sp³-hybridized carbons (Fsp3) is 0.333. The smallest absolute Gasteiger partial charge is 0.308 e. The Morgan fingerprint density at radius 2 is 1.44 bits per heavy atom. The van der Waals surface area contributed by atoms with Crippen LogP contribution >= 0.6 is 0 Å². The molecule has 0 aliphatic carbocycles. The Bertz CT molecular complexity index is 1140. The van der Waals surface area contributed by atoms with Gasteiger partial charge in [-0.3, -0.25) is 19.2 Å². The van der Waals surface area contributed by atoms with Crippen molar-refractivity contribution < 1.29 is 47.6 Å². The molecule has 180 valence electrons. The third-order valence-corrected chi connectivity index (χ3v) is 4.74. The largest absolute Gasteiger partial charge is 0.493 e. The van der Waals surface area contributed by atoms with Gasteiger partial charge in [-0.05, 0) is 12.1 Å². The zero-order valence-electron chi connectivity index (χ0n) is 19.3. The number of benzene rings is 2. The first-order valence-corrected chi connectivity index (χ1v) is 10.3. The van der Waals surface area contributed by atoms with E-state index in [0.717, 1.165) is 0 Å². The molecule has 10 nitrogen and oxygen atoms in total. The van der Waals surface area contributed by atoms with Crippen LogP contribution in [0.5, 0.6) is 28.7 Å². The maximum Gasteiger partial charge on any atom is 0.308 e. The van der Waals surface area contributed by atoms with Gasteiger partial charge in [-0.2, -0.15) is 0 Å². The zero-order valence-corrected chi connectivity index (χ0v) is 19.3. The molecule has 0 unspecified atom stereocenters. The van der Waals surface area contributed by atoms with E-state index in [1.54, 1.807) is 18.2 Å². The molecule has 0 radical (unpaired) electrons. The van der Waals surface area contributed by atoms with Gasteiger partial charge in [-0.25, -0.2) is 0 Å². The molecule has 0 fully saturated rings. The summed E-state index contributed by atoms with van der Waals surface area (Å²) < 4.78 is 32.6. The van der Waals surface area contributed by atoms with E-state index in [1.807, 2.05) is 0 Å². The Hall–Kier alpha value is -4.08. The van der Waals surface area contributed by atoms with Crippen LogP contribution in [-0.4, -0.2) is 37.1 Å². The molecule has 1 aliphatic rings. The predicted octanol–water partition coefficient (Wildman–Crippen LogP) is 3.08. The fourth-order valence-corrected chi connectivity index (χ4v) is 3.60. The highest BCUT2D eigenvalue weighted by molar-refractivity contribution is 5.73. The first-order chi connectivity index (χ1) is 16.1. The SMILES string of the molecule is COc1ccc([C@H]2Oc3cc(OC(C)=O)cc(OC(C)=O)c3C[C@@H]2OC(C)=O)cc1OC(C)=O. The van der Waals surface area contributed by atoms with E-state index in [9.17, 15) is 19.2 Å². The quantitative estimate of drug-likeness (QED) is 0.458. The summed E-state index contributed by atoms with van der Waals surface area (Å²) in [6.07, 6.45) is -1.50. The van der Waals surface area contributed by atoms with Gasteiger partial charge in [0.1, 0.15) is 23.4 Å². The molecule has 2 aromatic carbocycles. The molecule has 34 heavy (non-hydrogen) atoms. The monoisotopic (exact) mass is 472 g/mol. The number of carbonyl (C=O) groups is 4. The molecule has 0 amide bonds. The van der Waals surface area contributed by atoms with E-state index < -0.39 is 36.1 Å². The number of carbonyl (C=O) groups excluding carboxylic acids is 4. The van der Waals surface area contributed by atoms with Crippen LogP contribution in [0.4, 0.5) is 0 Å². The number of fused-ring (bicyclic) bond motifs is 1. The summed E-state index contributed by atoms with van der Waals surface area (Å²) in [4.78, 5) is 46.5. The van der Waals surface area contributed by atoms with Gasteiger partial charge in [0.15, 0.2) is 17.6 Å². The van der Waals surface area contributed by atoms with Crippen molar-refractivity contribution in [3.05, 3.63) is 41.5 Å². The second-order valence-electron chi connectivity index (χ2n) is 7.48. The molecule has 2 aromatic rings. The van der Waals surface area contributed by atoms with Gasteiger partial charge in [0, 0.05) is 57.4 Å². The Labute approximate surface area is 195 Å². The highest BCUT2D eigenvalue weighted by Gasteiger charge is 2.37. The Balaban J connectivity index is 2.10. The first kappa shape index (κ1) is 24.6. The first-order valence-electron chi connectivity index (χ1n) is 10.3. The molecule has 1 heterocycles. The van der Waals surface area contributed by atoms with Crippen LogP contribution < -0.4 is 23.7 Å².